The zero-order chi connectivity index (χ0) is 22.1. The van der Waals surface area contributed by atoms with E-state index in [9.17, 15) is 19.5 Å². The monoisotopic (exact) mass is 429 g/mol. The van der Waals surface area contributed by atoms with Crippen LogP contribution in [0, 0.1) is 11.8 Å². The lowest BCUT2D eigenvalue weighted by Gasteiger charge is -2.25. The number of likely N-dealkylation sites (tertiary alicyclic amines) is 1. The number of hydrogen-bond donors (Lipinski definition) is 3. The van der Waals surface area contributed by atoms with Crippen LogP contribution in [0.5, 0.6) is 0 Å². The minimum atomic E-state index is -0.931. The van der Waals surface area contributed by atoms with Gasteiger partial charge in [-0.3, -0.25) is 14.4 Å². The molecule has 0 aliphatic carbocycles. The van der Waals surface area contributed by atoms with Crippen molar-refractivity contribution in [3.05, 3.63) is 35.9 Å². The summed E-state index contributed by atoms with van der Waals surface area (Å²) in [6.07, 6.45) is 5.36. The molecule has 31 heavy (non-hydrogen) atoms. The third kappa shape index (κ3) is 7.65. The van der Waals surface area contributed by atoms with E-state index in [2.05, 4.69) is 10.6 Å². The summed E-state index contributed by atoms with van der Waals surface area (Å²) in [6.45, 7) is 3.61. The number of rotatable bonds is 11. The second kappa shape index (κ2) is 11.8. The second-order valence-corrected chi connectivity index (χ2v) is 8.88. The number of amides is 2. The molecule has 2 atom stereocenters. The van der Waals surface area contributed by atoms with Crippen LogP contribution in [0.2, 0.25) is 0 Å². The molecule has 1 aromatic carbocycles. The average Bonchev–Trinajstić information content (AvgIpc) is 3.11. The summed E-state index contributed by atoms with van der Waals surface area (Å²) >= 11 is 0. The summed E-state index contributed by atoms with van der Waals surface area (Å²) in [5.74, 6) is -0.689. The van der Waals surface area contributed by atoms with Gasteiger partial charge in [-0.1, -0.05) is 30.3 Å². The van der Waals surface area contributed by atoms with Gasteiger partial charge in [-0.2, -0.15) is 0 Å². The van der Waals surface area contributed by atoms with E-state index in [0.29, 0.717) is 31.7 Å². The summed E-state index contributed by atoms with van der Waals surface area (Å²) < 4.78 is 0. The smallest absolute Gasteiger partial charge is 0.305 e. The Hall–Kier alpha value is -2.41. The first-order valence-electron chi connectivity index (χ1n) is 11.6. The predicted octanol–water partition coefficient (Wildman–Crippen LogP) is 2.21. The maximum Gasteiger partial charge on any atom is 0.305 e. The van der Waals surface area contributed by atoms with Crippen molar-refractivity contribution in [1.29, 1.82) is 0 Å². The topological polar surface area (TPSA) is 98.7 Å². The summed E-state index contributed by atoms with van der Waals surface area (Å²) in [6, 6.07) is 9.39. The number of benzene rings is 1. The van der Waals surface area contributed by atoms with Crippen LogP contribution in [0.15, 0.2) is 30.3 Å². The van der Waals surface area contributed by atoms with Crippen molar-refractivity contribution in [1.82, 2.24) is 15.5 Å². The molecule has 3 rings (SSSR count). The number of aryl methyl sites for hydroxylation is 1. The molecular formula is C24H35N3O4. The fourth-order valence-corrected chi connectivity index (χ4v) is 4.66. The van der Waals surface area contributed by atoms with E-state index >= 15 is 0 Å². The molecule has 2 aliphatic heterocycles. The van der Waals surface area contributed by atoms with Crippen LogP contribution in [0.3, 0.4) is 0 Å². The van der Waals surface area contributed by atoms with Gasteiger partial charge in [0.15, 0.2) is 0 Å². The minimum Gasteiger partial charge on any atom is -0.481 e. The minimum absolute atomic E-state index is 0.0724. The second-order valence-electron chi connectivity index (χ2n) is 8.88. The molecule has 2 saturated heterocycles. The van der Waals surface area contributed by atoms with Gasteiger partial charge in [0.05, 0.1) is 6.42 Å². The van der Waals surface area contributed by atoms with Gasteiger partial charge < -0.3 is 20.6 Å². The Labute approximate surface area is 184 Å². The Morgan fingerprint density at radius 1 is 1.16 bits per heavy atom. The van der Waals surface area contributed by atoms with E-state index in [1.54, 1.807) is 0 Å². The first kappa shape index (κ1) is 23.3. The van der Waals surface area contributed by atoms with Gasteiger partial charge in [0.25, 0.3) is 0 Å². The van der Waals surface area contributed by atoms with E-state index in [1.807, 2.05) is 35.2 Å². The SMILES string of the molecule is O=C(O)C[C@@H](CCc1ccccc1)NC(=O)CC1CCN(CCC2CCNCC2)C1=O. The van der Waals surface area contributed by atoms with E-state index in [1.165, 1.54) is 12.8 Å². The van der Waals surface area contributed by atoms with Crippen LogP contribution in [-0.2, 0) is 20.8 Å². The normalized spacial score (nSPS) is 20.6. The number of aliphatic carboxylic acids is 1. The highest BCUT2D eigenvalue weighted by Gasteiger charge is 2.33. The quantitative estimate of drug-likeness (QED) is 0.501. The molecule has 2 aliphatic rings. The maximum absolute atomic E-state index is 12.7. The highest BCUT2D eigenvalue weighted by atomic mass is 16.4. The van der Waals surface area contributed by atoms with Crippen molar-refractivity contribution in [2.45, 2.75) is 57.4 Å². The Morgan fingerprint density at radius 2 is 1.90 bits per heavy atom. The Balaban J connectivity index is 1.43. The molecule has 1 aromatic rings. The number of carboxylic acid groups (broad SMARTS) is 1. The Bertz CT molecular complexity index is 734. The molecule has 2 amide bonds. The lowest BCUT2D eigenvalue weighted by Crippen LogP contribution is -2.39. The molecule has 7 nitrogen and oxygen atoms in total. The Kier molecular flexibility index (Phi) is 8.88. The molecule has 1 unspecified atom stereocenters. The summed E-state index contributed by atoms with van der Waals surface area (Å²) in [5.41, 5.74) is 1.11. The van der Waals surface area contributed by atoms with Crippen LogP contribution < -0.4 is 10.6 Å². The lowest BCUT2D eigenvalue weighted by atomic mass is 9.94. The fraction of sp³-hybridized carbons (Fsp3) is 0.625. The first-order valence-corrected chi connectivity index (χ1v) is 11.6. The number of piperidine rings is 1. The van der Waals surface area contributed by atoms with Crippen molar-refractivity contribution < 1.29 is 19.5 Å². The fourth-order valence-electron chi connectivity index (χ4n) is 4.66. The average molecular weight is 430 g/mol. The van der Waals surface area contributed by atoms with Gasteiger partial charge in [-0.25, -0.2) is 0 Å². The first-order chi connectivity index (χ1) is 15.0. The lowest BCUT2D eigenvalue weighted by molar-refractivity contribution is -0.138. The third-order valence-electron chi connectivity index (χ3n) is 6.52. The van der Waals surface area contributed by atoms with Crippen LogP contribution in [0.1, 0.15) is 50.5 Å². The molecule has 0 aromatic heterocycles. The van der Waals surface area contributed by atoms with Gasteiger partial charge in [0, 0.05) is 31.5 Å². The molecule has 0 bridgehead atoms. The van der Waals surface area contributed by atoms with Crippen molar-refractivity contribution in [3.8, 4) is 0 Å². The van der Waals surface area contributed by atoms with E-state index in [-0.39, 0.29) is 30.6 Å². The molecule has 2 fully saturated rings. The van der Waals surface area contributed by atoms with E-state index in [4.69, 9.17) is 0 Å². The molecule has 2 heterocycles. The van der Waals surface area contributed by atoms with Crippen molar-refractivity contribution in [2.75, 3.05) is 26.2 Å². The standard InChI is InChI=1S/C24H35N3O4/c28-22(26-21(17-23(29)30)7-6-18-4-2-1-3-5-18)16-20-11-15-27(24(20)31)14-10-19-8-12-25-13-9-19/h1-5,19-21,25H,6-17H2,(H,26,28)(H,29,30)/t20?,21-/m1/s1. The number of carbonyl (C=O) groups excluding carboxylic acids is 2. The molecule has 3 N–H and O–H groups in total. The van der Waals surface area contributed by atoms with Crippen molar-refractivity contribution in [3.63, 3.8) is 0 Å². The van der Waals surface area contributed by atoms with Gasteiger partial charge in [-0.05, 0) is 63.1 Å². The molecular weight excluding hydrogens is 394 g/mol. The zero-order valence-electron chi connectivity index (χ0n) is 18.2. The zero-order valence-corrected chi connectivity index (χ0v) is 18.2. The number of nitrogens with one attached hydrogen (secondary N) is 2. The van der Waals surface area contributed by atoms with Gasteiger partial charge in [0.1, 0.15) is 0 Å². The third-order valence-corrected chi connectivity index (χ3v) is 6.52. The summed E-state index contributed by atoms with van der Waals surface area (Å²) in [7, 11) is 0. The molecule has 7 heteroatoms. The van der Waals surface area contributed by atoms with Crippen LogP contribution >= 0.6 is 0 Å². The highest BCUT2D eigenvalue weighted by Crippen LogP contribution is 2.24. The largest absolute Gasteiger partial charge is 0.481 e. The van der Waals surface area contributed by atoms with Crippen molar-refractivity contribution >= 4 is 17.8 Å². The molecule has 170 valence electrons. The van der Waals surface area contributed by atoms with Crippen LogP contribution in [0.25, 0.3) is 0 Å². The summed E-state index contributed by atoms with van der Waals surface area (Å²) in [4.78, 5) is 38.4. The van der Waals surface area contributed by atoms with Crippen LogP contribution in [-0.4, -0.2) is 60.0 Å². The van der Waals surface area contributed by atoms with Gasteiger partial charge >= 0.3 is 5.97 Å². The van der Waals surface area contributed by atoms with Gasteiger partial charge in [0.2, 0.25) is 11.8 Å². The number of carboxylic acids is 1. The number of hydrogen-bond acceptors (Lipinski definition) is 4. The highest BCUT2D eigenvalue weighted by molar-refractivity contribution is 5.87. The van der Waals surface area contributed by atoms with Crippen LogP contribution in [0.4, 0.5) is 0 Å². The van der Waals surface area contributed by atoms with E-state index in [0.717, 1.165) is 31.6 Å². The summed E-state index contributed by atoms with van der Waals surface area (Å²) in [5, 5.41) is 15.4. The van der Waals surface area contributed by atoms with E-state index < -0.39 is 12.0 Å². The predicted molar refractivity (Wildman–Crippen MR) is 118 cm³/mol. The molecule has 0 saturated carbocycles. The molecule has 0 spiro atoms. The Morgan fingerprint density at radius 3 is 2.61 bits per heavy atom. The van der Waals surface area contributed by atoms with Crippen molar-refractivity contribution in [2.24, 2.45) is 11.8 Å². The maximum atomic E-state index is 12.7. The number of nitrogens with zero attached hydrogens (tertiary/aromatic N) is 1. The molecule has 0 radical (unpaired) electrons. The number of carbonyl (C=O) groups is 3. The van der Waals surface area contributed by atoms with Gasteiger partial charge in [-0.15, -0.1) is 0 Å².